The van der Waals surface area contributed by atoms with E-state index < -0.39 is 0 Å². The lowest BCUT2D eigenvalue weighted by Crippen LogP contribution is -2.32. The summed E-state index contributed by atoms with van der Waals surface area (Å²) in [7, 11) is 0. The molecule has 0 fully saturated rings. The Hall–Kier alpha value is -7.37. The number of nitrogens with zero attached hydrogens (tertiary/aromatic N) is 4. The summed E-state index contributed by atoms with van der Waals surface area (Å²) < 4.78 is 9.64. The predicted octanol–water partition coefficient (Wildman–Crippen LogP) is 19.5. The smallest absolute Gasteiger partial charge is 0.137 e. The Labute approximate surface area is 460 Å². The molecular weight excluding hydrogens is 937 g/mol. The van der Waals surface area contributed by atoms with E-state index in [9.17, 15) is 0 Å². The van der Waals surface area contributed by atoms with Crippen LogP contribution >= 0.6 is 0 Å². The van der Waals surface area contributed by atoms with Crippen LogP contribution in [0.25, 0.3) is 38.8 Å². The summed E-state index contributed by atoms with van der Waals surface area (Å²) in [4.78, 5) is 10.3. The Balaban J connectivity index is 1.16. The maximum Gasteiger partial charge on any atom is 0.137 e. The van der Waals surface area contributed by atoms with E-state index in [-0.39, 0.29) is 32.5 Å². The Morgan fingerprint density at radius 1 is 0.364 bits per heavy atom. The van der Waals surface area contributed by atoms with Gasteiger partial charge in [-0.3, -0.25) is 4.57 Å². The van der Waals surface area contributed by atoms with Crippen molar-refractivity contribution in [2.45, 2.75) is 132 Å². The number of hydrogen-bond acceptors (Lipinski definition) is 4. The highest BCUT2D eigenvalue weighted by molar-refractivity contribution is 6.10. The van der Waals surface area contributed by atoms with Crippen LogP contribution in [0.3, 0.4) is 0 Å². The van der Waals surface area contributed by atoms with Gasteiger partial charge in [-0.1, -0.05) is 214 Å². The van der Waals surface area contributed by atoms with Crippen molar-refractivity contribution in [1.82, 2.24) is 9.55 Å². The molecule has 0 saturated heterocycles. The first-order valence-corrected chi connectivity index (χ1v) is 27.7. The van der Waals surface area contributed by atoms with Gasteiger partial charge in [0.1, 0.15) is 17.3 Å². The lowest BCUT2D eigenvalue weighted by molar-refractivity contribution is 0.444. The molecule has 0 amide bonds. The van der Waals surface area contributed by atoms with Gasteiger partial charge in [0.2, 0.25) is 0 Å². The Bertz CT molecular complexity index is 3630. The van der Waals surface area contributed by atoms with Crippen molar-refractivity contribution in [3.63, 3.8) is 0 Å². The monoisotopic (exact) mass is 1020 g/mol. The Morgan fingerprint density at radius 3 is 1.43 bits per heavy atom. The van der Waals surface area contributed by atoms with E-state index in [2.05, 4.69) is 301 Å². The zero-order chi connectivity index (χ0) is 55.0. The minimum Gasteiger partial charge on any atom is -0.457 e. The molecule has 5 heteroatoms. The van der Waals surface area contributed by atoms with Gasteiger partial charge >= 0.3 is 0 Å². The molecule has 9 aromatic rings. The van der Waals surface area contributed by atoms with Crippen molar-refractivity contribution in [2.75, 3.05) is 16.5 Å². The molecule has 0 bridgehead atoms. The van der Waals surface area contributed by atoms with Gasteiger partial charge in [0, 0.05) is 73.5 Å². The van der Waals surface area contributed by atoms with Gasteiger partial charge in [-0.05, 0) is 116 Å². The molecule has 0 unspecified atom stereocenters. The first-order valence-electron chi connectivity index (χ1n) is 27.7. The molecule has 1 aliphatic rings. The third-order valence-corrected chi connectivity index (χ3v) is 16.1. The number of hydrogen-bond donors (Lipinski definition) is 0. The van der Waals surface area contributed by atoms with E-state index in [0.717, 1.165) is 44.8 Å². The molecule has 7 aromatic carbocycles. The number of ether oxygens (including phenoxy) is 1. The molecule has 1 aliphatic heterocycles. The first kappa shape index (κ1) is 53.0. The molecule has 77 heavy (non-hydrogen) atoms. The number of aromatic nitrogens is 2. The molecule has 0 spiro atoms. The van der Waals surface area contributed by atoms with E-state index in [0.29, 0.717) is 6.67 Å². The minimum absolute atomic E-state index is 0.0280. The fourth-order valence-corrected chi connectivity index (χ4v) is 11.5. The zero-order valence-corrected chi connectivity index (χ0v) is 48.7. The molecule has 3 heterocycles. The number of allylic oxidation sites excluding steroid dienone is 2. The highest BCUT2D eigenvalue weighted by atomic mass is 16.5. The molecule has 2 aromatic heterocycles. The van der Waals surface area contributed by atoms with Crippen LogP contribution in [0.15, 0.2) is 194 Å². The highest BCUT2D eigenvalue weighted by Crippen LogP contribution is 2.50. The first-order chi connectivity index (χ1) is 36.2. The van der Waals surface area contributed by atoms with Crippen LogP contribution in [-0.2, 0) is 21.7 Å². The van der Waals surface area contributed by atoms with Gasteiger partial charge in [0.05, 0.1) is 17.7 Å². The Morgan fingerprint density at radius 2 is 0.883 bits per heavy atom. The van der Waals surface area contributed by atoms with Gasteiger partial charge in [-0.15, -0.1) is 0 Å². The van der Waals surface area contributed by atoms with Crippen LogP contribution in [0, 0.1) is 10.8 Å². The molecule has 0 aliphatic carbocycles. The van der Waals surface area contributed by atoms with E-state index >= 15 is 0 Å². The second-order valence-corrected chi connectivity index (χ2v) is 26.8. The van der Waals surface area contributed by atoms with Crippen LogP contribution in [0.5, 0.6) is 11.5 Å². The number of anilines is 2. The van der Waals surface area contributed by atoms with Gasteiger partial charge in [0.15, 0.2) is 0 Å². The van der Waals surface area contributed by atoms with Crippen LogP contribution < -0.4 is 14.5 Å². The SMILES string of the molecule is CC(C)(C)C1=C(C(C)(C)C)N(c2cc(Oc3ccc4c5cc(-c6ccccc6)ccc5n(-c5cc(C(C)(C)c6ccccc6)ccn5)c4c3)cc(C(C)(C)c3ccccc3)c2)CN1c1cc(C(C)(C)C)cc(C(C)(C)C)c1. The summed E-state index contributed by atoms with van der Waals surface area (Å²) in [6, 6.07) is 64.4. The number of benzene rings is 7. The zero-order valence-electron chi connectivity index (χ0n) is 48.7. The lowest BCUT2D eigenvalue weighted by atomic mass is 9.77. The van der Waals surface area contributed by atoms with E-state index in [1.165, 1.54) is 61.6 Å². The van der Waals surface area contributed by atoms with Crippen molar-refractivity contribution in [3.8, 4) is 28.4 Å². The van der Waals surface area contributed by atoms with Crippen molar-refractivity contribution in [1.29, 1.82) is 0 Å². The molecule has 0 atom stereocenters. The number of rotatable bonds is 10. The van der Waals surface area contributed by atoms with Crippen molar-refractivity contribution in [3.05, 3.63) is 227 Å². The summed E-state index contributed by atoms with van der Waals surface area (Å²) in [5.41, 5.74) is 16.0. The predicted molar refractivity (Wildman–Crippen MR) is 327 cm³/mol. The summed E-state index contributed by atoms with van der Waals surface area (Å²) >= 11 is 0. The van der Waals surface area contributed by atoms with Crippen molar-refractivity contribution in [2.24, 2.45) is 10.8 Å². The highest BCUT2D eigenvalue weighted by Gasteiger charge is 2.43. The van der Waals surface area contributed by atoms with Gasteiger partial charge in [-0.2, -0.15) is 0 Å². The average molecular weight is 1020 g/mol. The number of fused-ring (bicyclic) bond motifs is 3. The van der Waals surface area contributed by atoms with E-state index in [4.69, 9.17) is 9.72 Å². The van der Waals surface area contributed by atoms with Gasteiger partial charge in [0.25, 0.3) is 0 Å². The van der Waals surface area contributed by atoms with Crippen LogP contribution in [-0.4, -0.2) is 16.2 Å². The fourth-order valence-electron chi connectivity index (χ4n) is 11.5. The summed E-state index contributed by atoms with van der Waals surface area (Å²) in [6.45, 7) is 38.2. The van der Waals surface area contributed by atoms with E-state index in [1.54, 1.807) is 0 Å². The summed E-state index contributed by atoms with van der Waals surface area (Å²) in [6.07, 6.45) is 1.96. The van der Waals surface area contributed by atoms with Crippen molar-refractivity contribution < 1.29 is 4.74 Å². The van der Waals surface area contributed by atoms with Crippen LogP contribution in [0.2, 0.25) is 0 Å². The summed E-state index contributed by atoms with van der Waals surface area (Å²) in [5.74, 6) is 2.40. The fraction of sp³-hybridized carbons (Fsp3) is 0.319. The summed E-state index contributed by atoms with van der Waals surface area (Å²) in [5, 5.41) is 2.30. The largest absolute Gasteiger partial charge is 0.457 e. The third kappa shape index (κ3) is 10.2. The Kier molecular flexibility index (Phi) is 13.3. The lowest BCUT2D eigenvalue weighted by Gasteiger charge is -2.35. The number of pyridine rings is 1. The second kappa shape index (κ2) is 19.3. The second-order valence-electron chi connectivity index (χ2n) is 26.8. The maximum atomic E-state index is 7.32. The molecule has 394 valence electrons. The minimum atomic E-state index is -0.354. The molecule has 0 N–H and O–H groups in total. The normalized spacial score (nSPS) is 14.1. The average Bonchev–Trinajstić information content (AvgIpc) is 4.15. The molecule has 10 rings (SSSR count). The third-order valence-electron chi connectivity index (χ3n) is 16.1. The maximum absolute atomic E-state index is 7.32. The molecule has 0 saturated carbocycles. The van der Waals surface area contributed by atoms with E-state index in [1.807, 2.05) is 6.20 Å². The van der Waals surface area contributed by atoms with Crippen LogP contribution in [0.4, 0.5) is 11.4 Å². The van der Waals surface area contributed by atoms with Gasteiger partial charge < -0.3 is 14.5 Å². The van der Waals surface area contributed by atoms with Crippen molar-refractivity contribution >= 4 is 33.2 Å². The quantitative estimate of drug-likeness (QED) is 0.137. The van der Waals surface area contributed by atoms with Gasteiger partial charge in [-0.25, -0.2) is 4.98 Å². The standard InChI is InChI=1S/C72H80N4O/c1-67(2,3)53-39-54(68(4,5)6)41-56(40-53)74-47-75(66(70(10,11)12)65(74)69(7,8)9)57-42-55(72(15,16)51-30-24-19-25-31-51)43-59(45-57)77-58-33-34-60-61-38-49(48-26-20-17-21-27-48)32-35-62(61)76(63(60)46-58)64-44-52(36-37-73-64)71(13,14)50-28-22-18-23-29-50/h17-46H,47H2,1-16H3. The molecule has 5 nitrogen and oxygen atoms in total. The molecular formula is C72H80N4O. The molecule has 0 radical (unpaired) electrons. The topological polar surface area (TPSA) is 33.5 Å². The van der Waals surface area contributed by atoms with Crippen LogP contribution in [0.1, 0.15) is 144 Å².